The summed E-state index contributed by atoms with van der Waals surface area (Å²) in [6.45, 7) is 5.40. The molecule has 146 valence electrons. The van der Waals surface area contributed by atoms with E-state index in [1.165, 1.54) is 0 Å². The number of carbonyl (C=O) groups excluding carboxylic acids is 1. The molecule has 1 aromatic carbocycles. The number of aryl methyl sites for hydroxylation is 2. The summed E-state index contributed by atoms with van der Waals surface area (Å²) in [5.41, 5.74) is 1.50. The average molecular weight is 380 g/mol. The number of likely N-dealkylation sites (tertiary alicyclic amines) is 1. The number of aromatic nitrogens is 4. The Morgan fingerprint density at radius 1 is 1.36 bits per heavy atom. The average Bonchev–Trinajstić information content (AvgIpc) is 3.37. The smallest absolute Gasteiger partial charge is 0.322 e. The maximum Gasteiger partial charge on any atom is 0.322 e. The van der Waals surface area contributed by atoms with Crippen LogP contribution < -0.4 is 5.32 Å². The minimum absolute atomic E-state index is 0.00765. The minimum Gasteiger partial charge on any atom is -0.339 e. The summed E-state index contributed by atoms with van der Waals surface area (Å²) in [6, 6.07) is 7.35. The number of anilines is 1. The van der Waals surface area contributed by atoms with Crippen molar-refractivity contribution in [3.63, 3.8) is 0 Å². The topological polar surface area (TPSA) is 89.1 Å². The zero-order chi connectivity index (χ0) is 19.5. The molecule has 2 aromatic heterocycles. The monoisotopic (exact) mass is 380 g/mol. The molecule has 3 aromatic rings. The normalized spacial score (nSPS) is 16.9. The summed E-state index contributed by atoms with van der Waals surface area (Å²) in [5.74, 6) is 1.97. The van der Waals surface area contributed by atoms with Gasteiger partial charge >= 0.3 is 6.03 Å². The molecule has 8 nitrogen and oxygen atoms in total. The third kappa shape index (κ3) is 3.62. The van der Waals surface area contributed by atoms with E-state index in [0.717, 1.165) is 43.7 Å². The lowest BCUT2D eigenvalue weighted by molar-refractivity contribution is 0.157. The van der Waals surface area contributed by atoms with Gasteiger partial charge in [-0.05, 0) is 38.3 Å². The number of amides is 2. The van der Waals surface area contributed by atoms with Crippen LogP contribution in [0.4, 0.5) is 10.5 Å². The lowest BCUT2D eigenvalue weighted by Gasteiger charge is -2.35. The van der Waals surface area contributed by atoms with Gasteiger partial charge in [0.05, 0.1) is 6.04 Å². The van der Waals surface area contributed by atoms with Crippen LogP contribution >= 0.6 is 0 Å². The molecule has 1 aliphatic rings. The van der Waals surface area contributed by atoms with E-state index in [1.807, 2.05) is 35.4 Å². The molecule has 0 radical (unpaired) electrons. The first kappa shape index (κ1) is 18.2. The van der Waals surface area contributed by atoms with Gasteiger partial charge in [-0.2, -0.15) is 4.98 Å². The first-order valence-corrected chi connectivity index (χ1v) is 9.65. The van der Waals surface area contributed by atoms with Crippen molar-refractivity contribution in [1.29, 1.82) is 0 Å². The molecule has 0 spiro atoms. The molecular weight excluding hydrogens is 356 g/mol. The van der Waals surface area contributed by atoms with Crippen molar-refractivity contribution < 1.29 is 9.32 Å². The van der Waals surface area contributed by atoms with Gasteiger partial charge in [-0.15, -0.1) is 0 Å². The van der Waals surface area contributed by atoms with Gasteiger partial charge < -0.3 is 19.3 Å². The zero-order valence-electron chi connectivity index (χ0n) is 16.1. The summed E-state index contributed by atoms with van der Waals surface area (Å²) in [7, 11) is 0. The number of imidazole rings is 1. The van der Waals surface area contributed by atoms with Crippen LogP contribution in [-0.2, 0) is 6.54 Å². The fourth-order valence-corrected chi connectivity index (χ4v) is 3.68. The lowest BCUT2D eigenvalue weighted by atomic mass is 10.0. The standard InChI is InChI=1S/C20H24N6O2/c1-3-25-12-10-21-19(25)17-9-4-5-11-26(17)20(27)23-16-8-6-7-15(13-16)18-22-14(2)28-24-18/h6-8,10,12-13,17H,3-5,9,11H2,1-2H3,(H,23,27). The van der Waals surface area contributed by atoms with E-state index in [-0.39, 0.29) is 12.1 Å². The summed E-state index contributed by atoms with van der Waals surface area (Å²) in [6.07, 6.45) is 6.79. The van der Waals surface area contributed by atoms with Crippen LogP contribution in [0.5, 0.6) is 0 Å². The molecule has 8 heteroatoms. The zero-order valence-corrected chi connectivity index (χ0v) is 16.1. The molecule has 3 heterocycles. The van der Waals surface area contributed by atoms with Crippen LogP contribution in [0, 0.1) is 6.92 Å². The van der Waals surface area contributed by atoms with Crippen LogP contribution in [0.25, 0.3) is 11.4 Å². The van der Waals surface area contributed by atoms with Crippen molar-refractivity contribution >= 4 is 11.7 Å². The number of urea groups is 1. The third-order valence-electron chi connectivity index (χ3n) is 5.05. The van der Waals surface area contributed by atoms with Gasteiger partial charge in [-0.1, -0.05) is 17.3 Å². The first-order valence-electron chi connectivity index (χ1n) is 9.65. The van der Waals surface area contributed by atoms with Gasteiger partial charge in [-0.3, -0.25) is 0 Å². The number of nitrogens with zero attached hydrogens (tertiary/aromatic N) is 5. The van der Waals surface area contributed by atoms with Crippen LogP contribution in [-0.4, -0.2) is 37.2 Å². The highest BCUT2D eigenvalue weighted by Crippen LogP contribution is 2.31. The van der Waals surface area contributed by atoms with Crippen molar-refractivity contribution in [1.82, 2.24) is 24.6 Å². The summed E-state index contributed by atoms with van der Waals surface area (Å²) in [5, 5.41) is 6.96. The van der Waals surface area contributed by atoms with Gasteiger partial charge in [0, 0.05) is 43.7 Å². The molecular formula is C20H24N6O2. The molecule has 1 unspecified atom stereocenters. The molecule has 2 amide bonds. The van der Waals surface area contributed by atoms with Gasteiger partial charge in [0.1, 0.15) is 5.82 Å². The van der Waals surface area contributed by atoms with Gasteiger partial charge in [0.15, 0.2) is 0 Å². The Kier molecular flexibility index (Phi) is 5.10. The minimum atomic E-state index is -0.114. The van der Waals surface area contributed by atoms with E-state index in [0.29, 0.717) is 17.4 Å². The van der Waals surface area contributed by atoms with Crippen molar-refractivity contribution in [2.24, 2.45) is 0 Å². The maximum absolute atomic E-state index is 13.1. The first-order chi connectivity index (χ1) is 13.7. The van der Waals surface area contributed by atoms with E-state index in [1.54, 1.807) is 13.1 Å². The molecule has 1 atom stereocenters. The van der Waals surface area contributed by atoms with E-state index >= 15 is 0 Å². The van der Waals surface area contributed by atoms with E-state index < -0.39 is 0 Å². The number of rotatable bonds is 4. The summed E-state index contributed by atoms with van der Waals surface area (Å²) >= 11 is 0. The highest BCUT2D eigenvalue weighted by atomic mass is 16.5. The third-order valence-corrected chi connectivity index (χ3v) is 5.05. The molecule has 0 bridgehead atoms. The predicted molar refractivity (Wildman–Crippen MR) is 105 cm³/mol. The maximum atomic E-state index is 13.1. The second-order valence-corrected chi connectivity index (χ2v) is 6.92. The molecule has 1 fully saturated rings. The Labute approximate surface area is 163 Å². The van der Waals surface area contributed by atoms with Crippen LogP contribution in [0.2, 0.25) is 0 Å². The SMILES string of the molecule is CCn1ccnc1C1CCCCN1C(=O)Nc1cccc(-c2noc(C)n2)c1. The van der Waals surface area contributed by atoms with Gasteiger partial charge in [0.25, 0.3) is 0 Å². The highest BCUT2D eigenvalue weighted by Gasteiger charge is 2.30. The summed E-state index contributed by atoms with van der Waals surface area (Å²) < 4.78 is 7.15. The lowest BCUT2D eigenvalue weighted by Crippen LogP contribution is -2.42. The number of piperidine rings is 1. The van der Waals surface area contributed by atoms with E-state index in [2.05, 4.69) is 31.9 Å². The molecule has 1 saturated heterocycles. The van der Waals surface area contributed by atoms with Crippen molar-refractivity contribution in [3.8, 4) is 11.4 Å². The quantitative estimate of drug-likeness (QED) is 0.738. The Morgan fingerprint density at radius 3 is 3.04 bits per heavy atom. The van der Waals surface area contributed by atoms with Crippen LogP contribution in [0.15, 0.2) is 41.2 Å². The Bertz CT molecular complexity index is 963. The fraction of sp³-hybridized carbons (Fsp3) is 0.400. The highest BCUT2D eigenvalue weighted by molar-refractivity contribution is 5.90. The van der Waals surface area contributed by atoms with Gasteiger partial charge in [0.2, 0.25) is 11.7 Å². The molecule has 0 saturated carbocycles. The van der Waals surface area contributed by atoms with Crippen molar-refractivity contribution in [2.75, 3.05) is 11.9 Å². The second-order valence-electron chi connectivity index (χ2n) is 6.92. The fourth-order valence-electron chi connectivity index (χ4n) is 3.68. The molecule has 28 heavy (non-hydrogen) atoms. The van der Waals surface area contributed by atoms with Crippen LogP contribution in [0.1, 0.15) is 43.9 Å². The molecule has 1 aliphatic heterocycles. The Hall–Kier alpha value is -3.16. The molecule has 1 N–H and O–H groups in total. The predicted octanol–water partition coefficient (Wildman–Crippen LogP) is 4.02. The number of carbonyl (C=O) groups is 1. The summed E-state index contributed by atoms with van der Waals surface area (Å²) in [4.78, 5) is 23.7. The van der Waals surface area contributed by atoms with E-state index in [4.69, 9.17) is 4.52 Å². The number of hydrogen-bond acceptors (Lipinski definition) is 5. The molecule has 0 aliphatic carbocycles. The van der Waals surface area contributed by atoms with Crippen molar-refractivity contribution in [2.45, 2.75) is 45.7 Å². The van der Waals surface area contributed by atoms with E-state index in [9.17, 15) is 4.79 Å². The molecule has 4 rings (SSSR count). The van der Waals surface area contributed by atoms with Crippen LogP contribution in [0.3, 0.4) is 0 Å². The Balaban J connectivity index is 1.53. The second kappa shape index (κ2) is 7.84. The van der Waals surface area contributed by atoms with Crippen molar-refractivity contribution in [3.05, 3.63) is 48.4 Å². The Morgan fingerprint density at radius 2 is 2.25 bits per heavy atom. The van der Waals surface area contributed by atoms with Gasteiger partial charge in [-0.25, -0.2) is 9.78 Å². The number of benzene rings is 1. The number of nitrogens with one attached hydrogen (secondary N) is 1. The largest absolute Gasteiger partial charge is 0.339 e. The number of hydrogen-bond donors (Lipinski definition) is 1.